The van der Waals surface area contributed by atoms with Crippen LogP contribution in [-0.4, -0.2) is 14.3 Å². The van der Waals surface area contributed by atoms with Crippen molar-refractivity contribution < 1.29 is 13.2 Å². The number of benzene rings is 4. The maximum Gasteiger partial charge on any atom is 0.261 e. The Morgan fingerprint density at radius 3 is 2.00 bits per heavy atom. The van der Waals surface area contributed by atoms with Crippen LogP contribution in [0.4, 0.5) is 11.4 Å². The summed E-state index contributed by atoms with van der Waals surface area (Å²) in [4.78, 5) is 14.0. The zero-order valence-electron chi connectivity index (χ0n) is 20.4. The molecule has 0 bridgehead atoms. The lowest BCUT2D eigenvalue weighted by molar-refractivity contribution is 0.102. The molecule has 36 heavy (non-hydrogen) atoms. The van der Waals surface area contributed by atoms with Gasteiger partial charge < -0.3 is 5.32 Å². The summed E-state index contributed by atoms with van der Waals surface area (Å²) >= 11 is 1.75. The number of aryl methyl sites for hydroxylation is 3. The highest BCUT2D eigenvalue weighted by atomic mass is 32.2. The van der Waals surface area contributed by atoms with Crippen LogP contribution in [0.25, 0.3) is 0 Å². The number of nitrogens with one attached hydrogen (secondary N) is 2. The monoisotopic (exact) mass is 516 g/mol. The molecule has 5 nitrogen and oxygen atoms in total. The molecule has 0 atom stereocenters. The molecule has 4 rings (SSSR count). The highest BCUT2D eigenvalue weighted by Gasteiger charge is 2.17. The molecule has 184 valence electrons. The number of rotatable bonds is 8. The van der Waals surface area contributed by atoms with Crippen molar-refractivity contribution in [2.45, 2.75) is 36.3 Å². The fourth-order valence-electron chi connectivity index (χ4n) is 3.64. The molecule has 7 heteroatoms. The average molecular weight is 517 g/mol. The first kappa shape index (κ1) is 25.5. The van der Waals surface area contributed by atoms with E-state index in [0.29, 0.717) is 16.9 Å². The van der Waals surface area contributed by atoms with Crippen LogP contribution in [0.15, 0.2) is 101 Å². The maximum absolute atomic E-state index is 12.9. The molecule has 0 unspecified atom stereocenters. The third kappa shape index (κ3) is 6.36. The van der Waals surface area contributed by atoms with E-state index in [0.717, 1.165) is 22.4 Å². The predicted octanol–water partition coefficient (Wildman–Crippen LogP) is 6.96. The fourth-order valence-corrected chi connectivity index (χ4v) is 5.70. The first-order valence-electron chi connectivity index (χ1n) is 11.5. The third-order valence-electron chi connectivity index (χ3n) is 5.78. The van der Waals surface area contributed by atoms with E-state index in [-0.39, 0.29) is 10.8 Å². The Labute approximate surface area is 217 Å². The summed E-state index contributed by atoms with van der Waals surface area (Å²) in [5.74, 6) is 0.564. The number of anilines is 2. The molecule has 4 aromatic rings. The summed E-state index contributed by atoms with van der Waals surface area (Å²) in [6, 6.07) is 27.7. The van der Waals surface area contributed by atoms with E-state index in [9.17, 15) is 13.2 Å². The van der Waals surface area contributed by atoms with Gasteiger partial charge in [0.05, 0.1) is 10.6 Å². The molecule has 0 aliphatic rings. The van der Waals surface area contributed by atoms with Crippen LogP contribution in [0.2, 0.25) is 0 Å². The number of sulfonamides is 1. The van der Waals surface area contributed by atoms with Crippen LogP contribution in [0.1, 0.15) is 32.6 Å². The summed E-state index contributed by atoms with van der Waals surface area (Å²) in [5, 5.41) is 2.83. The molecule has 0 aliphatic heterocycles. The zero-order valence-corrected chi connectivity index (χ0v) is 22.0. The minimum Gasteiger partial charge on any atom is -0.322 e. The number of hydrogen-bond acceptors (Lipinski definition) is 4. The Balaban J connectivity index is 1.37. The number of carbonyl (C=O) groups excluding carboxylic acids is 1. The third-order valence-corrected chi connectivity index (χ3v) is 8.23. The van der Waals surface area contributed by atoms with Crippen LogP contribution >= 0.6 is 11.8 Å². The highest BCUT2D eigenvalue weighted by molar-refractivity contribution is 7.98. The zero-order chi connectivity index (χ0) is 25.7. The van der Waals surface area contributed by atoms with Crippen molar-refractivity contribution in [2.24, 2.45) is 0 Å². The van der Waals surface area contributed by atoms with Crippen LogP contribution in [0.5, 0.6) is 0 Å². The molecule has 2 N–H and O–H groups in total. The second-order valence-corrected chi connectivity index (χ2v) is 11.4. The first-order chi connectivity index (χ1) is 17.2. The van der Waals surface area contributed by atoms with Crippen molar-refractivity contribution in [3.8, 4) is 0 Å². The van der Waals surface area contributed by atoms with E-state index >= 15 is 0 Å². The fraction of sp³-hybridized carbons (Fsp3) is 0.138. The molecular formula is C29H28N2O3S2. The van der Waals surface area contributed by atoms with Crippen molar-refractivity contribution in [1.82, 2.24) is 0 Å². The minimum atomic E-state index is -3.75. The molecular weight excluding hydrogens is 488 g/mol. The van der Waals surface area contributed by atoms with Crippen LogP contribution in [-0.2, 0) is 15.8 Å². The highest BCUT2D eigenvalue weighted by Crippen LogP contribution is 2.25. The molecule has 0 radical (unpaired) electrons. The topological polar surface area (TPSA) is 75.3 Å². The van der Waals surface area contributed by atoms with Gasteiger partial charge in [0, 0.05) is 21.9 Å². The van der Waals surface area contributed by atoms with E-state index in [4.69, 9.17) is 0 Å². The summed E-state index contributed by atoms with van der Waals surface area (Å²) in [7, 11) is -3.75. The predicted molar refractivity (Wildman–Crippen MR) is 148 cm³/mol. The Morgan fingerprint density at radius 2 is 1.39 bits per heavy atom. The molecule has 0 saturated heterocycles. The summed E-state index contributed by atoms with van der Waals surface area (Å²) in [6.45, 7) is 5.79. The van der Waals surface area contributed by atoms with Crippen molar-refractivity contribution >= 4 is 39.1 Å². The first-order valence-corrected chi connectivity index (χ1v) is 14.0. The van der Waals surface area contributed by atoms with Crippen molar-refractivity contribution in [3.05, 3.63) is 119 Å². The molecule has 0 heterocycles. The van der Waals surface area contributed by atoms with Gasteiger partial charge in [-0.1, -0.05) is 48.0 Å². The quantitative estimate of drug-likeness (QED) is 0.248. The second kappa shape index (κ2) is 11.0. The minimum absolute atomic E-state index is 0.124. The molecule has 1 amide bonds. The number of hydrogen-bond donors (Lipinski definition) is 2. The Hall–Kier alpha value is -3.55. The average Bonchev–Trinajstić information content (AvgIpc) is 2.87. The van der Waals surface area contributed by atoms with Gasteiger partial charge in [-0.25, -0.2) is 8.42 Å². The number of amides is 1. The molecule has 0 saturated carbocycles. The van der Waals surface area contributed by atoms with Gasteiger partial charge in [-0.05, 0) is 86.0 Å². The molecule has 0 aliphatic carbocycles. The lowest BCUT2D eigenvalue weighted by Gasteiger charge is -2.13. The van der Waals surface area contributed by atoms with Gasteiger partial charge in [0.1, 0.15) is 0 Å². The van der Waals surface area contributed by atoms with Crippen LogP contribution in [0.3, 0.4) is 0 Å². The number of thioether (sulfide) groups is 1. The van der Waals surface area contributed by atoms with Crippen LogP contribution in [0, 0.1) is 20.8 Å². The summed E-state index contributed by atoms with van der Waals surface area (Å²) < 4.78 is 28.4. The molecule has 0 fully saturated rings. The Kier molecular flexibility index (Phi) is 7.82. The van der Waals surface area contributed by atoms with E-state index < -0.39 is 10.0 Å². The SMILES string of the molecule is Cc1ccc(SCc2ccc(C(=O)Nc3ccc(S(=O)(=O)Nc4c(C)cccc4C)cc3)cc2)cc1. The van der Waals surface area contributed by atoms with E-state index in [1.54, 1.807) is 36.0 Å². The van der Waals surface area contributed by atoms with Crippen molar-refractivity contribution in [2.75, 3.05) is 10.0 Å². The Morgan fingerprint density at radius 1 is 0.778 bits per heavy atom. The lowest BCUT2D eigenvalue weighted by atomic mass is 10.1. The summed E-state index contributed by atoms with van der Waals surface area (Å²) in [5.41, 5.74) is 5.70. The van der Waals surface area contributed by atoms with Crippen LogP contribution < -0.4 is 10.0 Å². The van der Waals surface area contributed by atoms with Gasteiger partial charge in [0.2, 0.25) is 0 Å². The normalized spacial score (nSPS) is 11.2. The second-order valence-electron chi connectivity index (χ2n) is 8.65. The van der Waals surface area contributed by atoms with Gasteiger partial charge in [-0.15, -0.1) is 11.8 Å². The van der Waals surface area contributed by atoms with Crippen molar-refractivity contribution in [3.63, 3.8) is 0 Å². The van der Waals surface area contributed by atoms with Gasteiger partial charge in [0.25, 0.3) is 15.9 Å². The van der Waals surface area contributed by atoms with Gasteiger partial charge >= 0.3 is 0 Å². The largest absolute Gasteiger partial charge is 0.322 e. The molecule has 4 aromatic carbocycles. The van der Waals surface area contributed by atoms with Gasteiger partial charge in [0.15, 0.2) is 0 Å². The standard InChI is InChI=1S/C29H28N2O3S2/c1-20-7-15-26(16-8-20)35-19-23-9-11-24(12-10-23)29(32)30-25-13-17-27(18-14-25)36(33,34)31-28-21(2)5-4-6-22(28)3/h4-18,31H,19H2,1-3H3,(H,30,32). The van der Waals surface area contributed by atoms with E-state index in [2.05, 4.69) is 41.2 Å². The number of carbonyl (C=O) groups is 1. The Bertz CT molecular complexity index is 1440. The van der Waals surface area contributed by atoms with E-state index in [1.165, 1.54) is 22.6 Å². The van der Waals surface area contributed by atoms with Crippen molar-refractivity contribution in [1.29, 1.82) is 0 Å². The smallest absolute Gasteiger partial charge is 0.261 e. The maximum atomic E-state index is 12.9. The summed E-state index contributed by atoms with van der Waals surface area (Å²) in [6.07, 6.45) is 0. The number of para-hydroxylation sites is 1. The molecule has 0 spiro atoms. The van der Waals surface area contributed by atoms with Gasteiger partial charge in [-0.2, -0.15) is 0 Å². The lowest BCUT2D eigenvalue weighted by Crippen LogP contribution is -2.15. The molecule has 0 aromatic heterocycles. The van der Waals surface area contributed by atoms with Gasteiger partial charge in [-0.3, -0.25) is 9.52 Å². The van der Waals surface area contributed by atoms with E-state index in [1.807, 2.05) is 44.2 Å².